The van der Waals surface area contributed by atoms with Crippen molar-refractivity contribution in [1.29, 1.82) is 0 Å². The Hall–Kier alpha value is -0.570. The largest absolute Gasteiger partial charge is 0.338 e. The van der Waals surface area contributed by atoms with E-state index in [-0.39, 0.29) is 11.9 Å². The normalized spacial score (nSPS) is 18.3. The maximum Gasteiger partial charge on any atom is 0.239 e. The zero-order valence-electron chi connectivity index (χ0n) is 13.2. The average molecular weight is 268 g/mol. The van der Waals surface area contributed by atoms with Crippen LogP contribution >= 0.6 is 0 Å². The molecule has 3 heteroatoms. The Morgan fingerprint density at radius 1 is 1.16 bits per heavy atom. The Labute approximate surface area is 118 Å². The van der Waals surface area contributed by atoms with Crippen molar-refractivity contribution in [3.63, 3.8) is 0 Å². The van der Waals surface area contributed by atoms with E-state index < -0.39 is 0 Å². The molecule has 1 rings (SSSR count). The highest BCUT2D eigenvalue weighted by Crippen LogP contribution is 2.25. The van der Waals surface area contributed by atoms with E-state index in [1.165, 1.54) is 12.8 Å². The van der Waals surface area contributed by atoms with Crippen LogP contribution in [0.1, 0.15) is 66.2 Å². The summed E-state index contributed by atoms with van der Waals surface area (Å²) in [4.78, 5) is 14.7. The summed E-state index contributed by atoms with van der Waals surface area (Å²) in [7, 11) is 0. The highest BCUT2D eigenvalue weighted by atomic mass is 16.2. The minimum atomic E-state index is -0.312. The predicted octanol–water partition coefficient (Wildman–Crippen LogP) is 3.18. The van der Waals surface area contributed by atoms with E-state index in [1.807, 2.05) is 0 Å². The number of carbonyl (C=O) groups excluding carboxylic acids is 1. The van der Waals surface area contributed by atoms with Gasteiger partial charge in [-0.05, 0) is 37.5 Å². The van der Waals surface area contributed by atoms with Gasteiger partial charge in [0.2, 0.25) is 5.91 Å². The molecule has 1 amide bonds. The molecule has 0 aromatic rings. The third kappa shape index (κ3) is 5.52. The van der Waals surface area contributed by atoms with E-state index in [2.05, 4.69) is 32.6 Å². The monoisotopic (exact) mass is 268 g/mol. The summed E-state index contributed by atoms with van der Waals surface area (Å²) < 4.78 is 0. The predicted molar refractivity (Wildman–Crippen MR) is 80.9 cm³/mol. The van der Waals surface area contributed by atoms with Gasteiger partial charge in [-0.3, -0.25) is 4.79 Å². The molecule has 1 aliphatic carbocycles. The Kier molecular flexibility index (Phi) is 6.84. The van der Waals surface area contributed by atoms with Gasteiger partial charge in [0.25, 0.3) is 0 Å². The fraction of sp³-hybridized carbons (Fsp3) is 0.938. The van der Waals surface area contributed by atoms with Gasteiger partial charge in [0.15, 0.2) is 0 Å². The molecule has 1 atom stereocenters. The second-order valence-corrected chi connectivity index (χ2v) is 6.89. The molecule has 1 aliphatic rings. The van der Waals surface area contributed by atoms with Gasteiger partial charge in [0.05, 0.1) is 6.04 Å². The number of carbonyl (C=O) groups is 1. The van der Waals surface area contributed by atoms with Gasteiger partial charge in [0, 0.05) is 12.6 Å². The van der Waals surface area contributed by atoms with Crippen LogP contribution in [0.3, 0.4) is 0 Å². The molecule has 19 heavy (non-hydrogen) atoms. The Morgan fingerprint density at radius 3 is 2.21 bits per heavy atom. The third-order valence-electron chi connectivity index (χ3n) is 4.04. The molecule has 0 unspecified atom stereocenters. The average Bonchev–Trinajstić information content (AvgIpc) is 2.81. The van der Waals surface area contributed by atoms with Crippen molar-refractivity contribution < 1.29 is 4.79 Å². The van der Waals surface area contributed by atoms with Crippen molar-refractivity contribution in [2.24, 2.45) is 17.6 Å². The second-order valence-electron chi connectivity index (χ2n) is 6.89. The lowest BCUT2D eigenvalue weighted by Crippen LogP contribution is -2.49. The first kappa shape index (κ1) is 16.5. The van der Waals surface area contributed by atoms with Crippen molar-refractivity contribution in [1.82, 2.24) is 4.90 Å². The summed E-state index contributed by atoms with van der Waals surface area (Å²) in [6, 6.07) is 0.136. The first-order chi connectivity index (χ1) is 8.91. The summed E-state index contributed by atoms with van der Waals surface area (Å²) in [6.07, 6.45) is 6.72. The van der Waals surface area contributed by atoms with Gasteiger partial charge in [-0.2, -0.15) is 0 Å². The van der Waals surface area contributed by atoms with Crippen LogP contribution in [0.25, 0.3) is 0 Å². The summed E-state index contributed by atoms with van der Waals surface area (Å²) in [5.41, 5.74) is 6.10. The zero-order valence-corrected chi connectivity index (χ0v) is 13.2. The van der Waals surface area contributed by atoms with E-state index in [9.17, 15) is 4.79 Å². The third-order valence-corrected chi connectivity index (χ3v) is 4.04. The first-order valence-electron chi connectivity index (χ1n) is 7.97. The van der Waals surface area contributed by atoms with Gasteiger partial charge in [-0.1, -0.05) is 40.5 Å². The van der Waals surface area contributed by atoms with Crippen LogP contribution in [0.4, 0.5) is 0 Å². The molecule has 0 saturated heterocycles. The topological polar surface area (TPSA) is 46.3 Å². The van der Waals surface area contributed by atoms with Crippen LogP contribution < -0.4 is 5.73 Å². The Bertz CT molecular complexity index is 270. The van der Waals surface area contributed by atoms with E-state index in [0.29, 0.717) is 17.9 Å². The molecule has 0 bridgehead atoms. The van der Waals surface area contributed by atoms with Crippen LogP contribution in [-0.2, 0) is 4.79 Å². The van der Waals surface area contributed by atoms with Crippen molar-refractivity contribution >= 4 is 5.91 Å². The van der Waals surface area contributed by atoms with Crippen molar-refractivity contribution in [2.45, 2.75) is 78.3 Å². The maximum atomic E-state index is 12.6. The summed E-state index contributed by atoms with van der Waals surface area (Å²) in [5.74, 6) is 1.30. The van der Waals surface area contributed by atoms with Crippen LogP contribution in [0.2, 0.25) is 0 Å². The highest BCUT2D eigenvalue weighted by Gasteiger charge is 2.29. The molecule has 2 N–H and O–H groups in total. The Balaban J connectivity index is 2.62. The first-order valence-corrected chi connectivity index (χ1v) is 7.97. The summed E-state index contributed by atoms with van der Waals surface area (Å²) in [5, 5.41) is 0. The van der Waals surface area contributed by atoms with E-state index >= 15 is 0 Å². The van der Waals surface area contributed by atoms with Crippen LogP contribution in [-0.4, -0.2) is 29.4 Å². The van der Waals surface area contributed by atoms with Crippen molar-refractivity contribution in [3.8, 4) is 0 Å². The van der Waals surface area contributed by atoms with Gasteiger partial charge in [-0.15, -0.1) is 0 Å². The van der Waals surface area contributed by atoms with Crippen molar-refractivity contribution in [3.05, 3.63) is 0 Å². The zero-order chi connectivity index (χ0) is 14.4. The minimum absolute atomic E-state index is 0.182. The number of nitrogens with two attached hydrogens (primary N) is 1. The molecular formula is C16H32N2O. The van der Waals surface area contributed by atoms with Crippen LogP contribution in [0, 0.1) is 11.8 Å². The molecule has 0 heterocycles. The lowest BCUT2D eigenvalue weighted by atomic mass is 10.0. The van der Waals surface area contributed by atoms with Crippen LogP contribution in [0.5, 0.6) is 0 Å². The standard InChI is InChI=1S/C16H32N2O/c1-12(2)9-10-18(14-7-5-6-8-14)16(19)15(17)11-13(3)4/h12-15H,5-11,17H2,1-4H3/t15-/m1/s1. The molecule has 0 spiro atoms. The lowest BCUT2D eigenvalue weighted by molar-refractivity contribution is -0.135. The fourth-order valence-electron chi connectivity index (χ4n) is 2.91. The molecule has 112 valence electrons. The van der Waals surface area contributed by atoms with Gasteiger partial charge < -0.3 is 10.6 Å². The number of hydrogen-bond acceptors (Lipinski definition) is 2. The molecule has 1 fully saturated rings. The van der Waals surface area contributed by atoms with E-state index in [1.54, 1.807) is 0 Å². The lowest BCUT2D eigenvalue weighted by Gasteiger charge is -2.32. The molecule has 1 saturated carbocycles. The SMILES string of the molecule is CC(C)CCN(C(=O)[C@H](N)CC(C)C)C1CCCC1. The van der Waals surface area contributed by atoms with Gasteiger partial charge in [-0.25, -0.2) is 0 Å². The molecule has 0 aliphatic heterocycles. The molecular weight excluding hydrogens is 236 g/mol. The fourth-order valence-corrected chi connectivity index (χ4v) is 2.91. The number of rotatable bonds is 7. The minimum Gasteiger partial charge on any atom is -0.338 e. The van der Waals surface area contributed by atoms with Crippen molar-refractivity contribution in [2.75, 3.05) is 6.54 Å². The molecule has 0 aromatic carbocycles. The molecule has 0 aromatic heterocycles. The summed E-state index contributed by atoms with van der Waals surface area (Å²) >= 11 is 0. The number of nitrogens with zero attached hydrogens (tertiary/aromatic N) is 1. The van der Waals surface area contributed by atoms with Crippen LogP contribution in [0.15, 0.2) is 0 Å². The Morgan fingerprint density at radius 2 is 1.74 bits per heavy atom. The summed E-state index contributed by atoms with van der Waals surface area (Å²) in [6.45, 7) is 9.56. The molecule has 0 radical (unpaired) electrons. The number of hydrogen-bond donors (Lipinski definition) is 1. The van der Waals surface area contributed by atoms with Gasteiger partial charge in [0.1, 0.15) is 0 Å². The quantitative estimate of drug-likeness (QED) is 0.771. The highest BCUT2D eigenvalue weighted by molar-refractivity contribution is 5.82. The molecule has 3 nitrogen and oxygen atoms in total. The smallest absolute Gasteiger partial charge is 0.239 e. The van der Waals surface area contributed by atoms with E-state index in [0.717, 1.165) is 32.2 Å². The second kappa shape index (κ2) is 7.88. The van der Waals surface area contributed by atoms with Gasteiger partial charge >= 0.3 is 0 Å². The maximum absolute atomic E-state index is 12.6. The number of amides is 1. The van der Waals surface area contributed by atoms with E-state index in [4.69, 9.17) is 5.73 Å².